The van der Waals surface area contributed by atoms with Gasteiger partial charge in [-0.25, -0.2) is 9.78 Å². The van der Waals surface area contributed by atoms with Gasteiger partial charge >= 0.3 is 5.97 Å². The molecular weight excluding hydrogens is 417 g/mol. The second kappa shape index (κ2) is 7.55. The zero-order chi connectivity index (χ0) is 17.1. The minimum Gasteiger partial charge on any atom is -0.462 e. The van der Waals surface area contributed by atoms with Gasteiger partial charge in [0.05, 0.1) is 12.2 Å². The van der Waals surface area contributed by atoms with Crippen molar-refractivity contribution in [2.75, 3.05) is 11.9 Å². The van der Waals surface area contributed by atoms with E-state index in [1.165, 1.54) is 0 Å². The maximum atomic E-state index is 12.0. The maximum absolute atomic E-state index is 12.0. The van der Waals surface area contributed by atoms with Gasteiger partial charge in [0.2, 0.25) is 5.89 Å². The highest BCUT2D eigenvalue weighted by molar-refractivity contribution is 9.09. The van der Waals surface area contributed by atoms with Crippen LogP contribution in [0, 0.1) is 0 Å². The van der Waals surface area contributed by atoms with Crippen molar-refractivity contribution in [2.24, 2.45) is 0 Å². The number of fused-ring (bicyclic) bond motifs is 1. The van der Waals surface area contributed by atoms with E-state index < -0.39 is 0 Å². The topological polar surface area (TPSA) is 52.3 Å². The van der Waals surface area contributed by atoms with Gasteiger partial charge in [0.1, 0.15) is 5.52 Å². The molecule has 0 N–H and O–H groups in total. The lowest BCUT2D eigenvalue weighted by atomic mass is 10.2. The Bertz CT molecular complexity index is 874. The van der Waals surface area contributed by atoms with E-state index in [-0.39, 0.29) is 5.97 Å². The molecule has 7 heteroatoms. The minimum atomic E-state index is -0.387. The second-order valence-electron chi connectivity index (χ2n) is 5.04. The zero-order valence-electron chi connectivity index (χ0n) is 12.4. The van der Waals surface area contributed by atoms with Crippen LogP contribution >= 0.6 is 39.1 Å². The van der Waals surface area contributed by atoms with Crippen LogP contribution < -0.4 is 0 Å². The summed E-state index contributed by atoms with van der Waals surface area (Å²) in [6.07, 6.45) is 0.760. The molecule has 0 unspecified atom stereocenters. The number of alkyl halides is 1. The van der Waals surface area contributed by atoms with Gasteiger partial charge < -0.3 is 9.15 Å². The lowest BCUT2D eigenvalue weighted by Crippen LogP contribution is -2.06. The Labute approximate surface area is 156 Å². The number of rotatable bonds is 5. The fourth-order valence-corrected chi connectivity index (χ4v) is 2.91. The molecule has 1 heterocycles. The van der Waals surface area contributed by atoms with E-state index in [0.717, 1.165) is 11.8 Å². The number of aromatic nitrogens is 1. The molecule has 3 aromatic rings. The van der Waals surface area contributed by atoms with E-state index in [9.17, 15) is 4.79 Å². The third-order valence-electron chi connectivity index (χ3n) is 3.24. The average Bonchev–Trinajstić information content (AvgIpc) is 2.97. The summed E-state index contributed by atoms with van der Waals surface area (Å²) < 4.78 is 10.9. The number of benzene rings is 2. The van der Waals surface area contributed by atoms with Gasteiger partial charge in [-0.05, 0) is 42.8 Å². The van der Waals surface area contributed by atoms with Crippen LogP contribution in [0.3, 0.4) is 0 Å². The lowest BCUT2D eigenvalue weighted by Gasteiger charge is -2.02. The van der Waals surface area contributed by atoms with E-state index in [1.54, 1.807) is 36.4 Å². The molecule has 0 aliphatic heterocycles. The largest absolute Gasteiger partial charge is 0.462 e. The summed E-state index contributed by atoms with van der Waals surface area (Å²) in [5, 5.41) is 1.78. The highest BCUT2D eigenvalue weighted by Gasteiger charge is 2.13. The number of hydrogen-bond acceptors (Lipinski definition) is 4. The molecule has 0 fully saturated rings. The first-order chi connectivity index (χ1) is 11.6. The third-order valence-corrected chi connectivity index (χ3v) is 4.24. The number of oxazole rings is 1. The Morgan fingerprint density at radius 3 is 2.62 bits per heavy atom. The first-order valence-electron chi connectivity index (χ1n) is 7.17. The third kappa shape index (κ3) is 3.91. The Balaban J connectivity index is 1.90. The smallest absolute Gasteiger partial charge is 0.338 e. The normalized spacial score (nSPS) is 11.0. The molecule has 0 aliphatic carbocycles. The molecule has 0 spiro atoms. The van der Waals surface area contributed by atoms with E-state index >= 15 is 0 Å². The summed E-state index contributed by atoms with van der Waals surface area (Å²) in [6.45, 7) is 0.366. The SMILES string of the molecule is O=C(OCCCBr)c1ccc2nc(-c3cc(Cl)cc(Cl)c3)oc2c1. The Kier molecular flexibility index (Phi) is 5.43. The van der Waals surface area contributed by atoms with Gasteiger partial charge in [-0.15, -0.1) is 0 Å². The molecule has 0 amide bonds. The van der Waals surface area contributed by atoms with Crippen LogP contribution in [0.25, 0.3) is 22.6 Å². The highest BCUT2D eigenvalue weighted by atomic mass is 79.9. The summed E-state index contributed by atoms with van der Waals surface area (Å²) in [7, 11) is 0. The number of halogens is 3. The van der Waals surface area contributed by atoms with E-state index in [4.69, 9.17) is 32.4 Å². The number of esters is 1. The predicted octanol–water partition coefficient (Wildman–Crippen LogP) is 5.74. The Morgan fingerprint density at radius 2 is 1.92 bits per heavy atom. The number of hydrogen-bond donors (Lipinski definition) is 0. The number of ether oxygens (including phenoxy) is 1. The minimum absolute atomic E-state index is 0.366. The summed E-state index contributed by atoms with van der Waals surface area (Å²) in [5.74, 6) is 0.000746. The van der Waals surface area contributed by atoms with E-state index in [2.05, 4.69) is 20.9 Å². The molecular formula is C17H12BrCl2NO3. The van der Waals surface area contributed by atoms with Crippen molar-refractivity contribution in [3.63, 3.8) is 0 Å². The Morgan fingerprint density at radius 1 is 1.17 bits per heavy atom. The van der Waals surface area contributed by atoms with Crippen molar-refractivity contribution in [1.82, 2.24) is 4.98 Å². The molecule has 4 nitrogen and oxygen atoms in total. The number of carbonyl (C=O) groups is 1. The highest BCUT2D eigenvalue weighted by Crippen LogP contribution is 2.29. The first kappa shape index (κ1) is 17.3. The van der Waals surface area contributed by atoms with Gasteiger partial charge in [0.15, 0.2) is 5.58 Å². The van der Waals surface area contributed by atoms with Crippen molar-refractivity contribution in [3.8, 4) is 11.5 Å². The van der Waals surface area contributed by atoms with Crippen molar-refractivity contribution < 1.29 is 13.9 Å². The lowest BCUT2D eigenvalue weighted by molar-refractivity contribution is 0.0506. The van der Waals surface area contributed by atoms with Crippen molar-refractivity contribution in [1.29, 1.82) is 0 Å². The molecule has 0 atom stereocenters. The molecule has 0 radical (unpaired) electrons. The number of carbonyl (C=O) groups excluding carboxylic acids is 1. The number of nitrogens with zero attached hydrogens (tertiary/aromatic N) is 1. The monoisotopic (exact) mass is 427 g/mol. The van der Waals surface area contributed by atoms with Crippen molar-refractivity contribution in [2.45, 2.75) is 6.42 Å². The molecule has 2 aromatic carbocycles. The summed E-state index contributed by atoms with van der Waals surface area (Å²) in [4.78, 5) is 16.4. The molecule has 0 aliphatic rings. The van der Waals surface area contributed by atoms with Gasteiger partial charge in [-0.3, -0.25) is 0 Å². The molecule has 124 valence electrons. The molecule has 0 saturated carbocycles. The van der Waals surface area contributed by atoms with Crippen LogP contribution in [0.2, 0.25) is 10.0 Å². The zero-order valence-corrected chi connectivity index (χ0v) is 15.5. The maximum Gasteiger partial charge on any atom is 0.338 e. The van der Waals surface area contributed by atoms with Crippen LogP contribution in [0.1, 0.15) is 16.8 Å². The quantitative estimate of drug-likeness (QED) is 0.295. The van der Waals surface area contributed by atoms with Crippen molar-refractivity contribution >= 4 is 56.2 Å². The van der Waals surface area contributed by atoms with Gasteiger partial charge in [-0.2, -0.15) is 0 Å². The van der Waals surface area contributed by atoms with Gasteiger partial charge in [-0.1, -0.05) is 39.1 Å². The molecule has 0 saturated heterocycles. The fourth-order valence-electron chi connectivity index (χ4n) is 2.16. The van der Waals surface area contributed by atoms with Crippen LogP contribution in [0.15, 0.2) is 40.8 Å². The van der Waals surface area contributed by atoms with Gasteiger partial charge in [0.25, 0.3) is 0 Å². The van der Waals surface area contributed by atoms with Crippen molar-refractivity contribution in [3.05, 3.63) is 52.0 Å². The molecule has 1 aromatic heterocycles. The summed E-state index contributed by atoms with van der Waals surface area (Å²) >= 11 is 15.3. The second-order valence-corrected chi connectivity index (χ2v) is 6.70. The summed E-state index contributed by atoms with van der Waals surface area (Å²) in [5.41, 5.74) is 2.23. The molecule has 0 bridgehead atoms. The summed E-state index contributed by atoms with van der Waals surface area (Å²) in [6, 6.07) is 10.1. The van der Waals surface area contributed by atoms with E-state index in [1.807, 2.05) is 0 Å². The predicted molar refractivity (Wildman–Crippen MR) is 98.2 cm³/mol. The van der Waals surface area contributed by atoms with Crippen LogP contribution in [0.5, 0.6) is 0 Å². The standard InChI is InChI=1S/C17H12BrCl2NO3/c18-4-1-5-23-17(22)10-2-3-14-15(8-10)24-16(21-14)11-6-12(19)9-13(20)7-11/h2-3,6-9H,1,4-5H2. The molecule has 3 rings (SSSR count). The van der Waals surface area contributed by atoms with Crippen LogP contribution in [-0.2, 0) is 4.74 Å². The van der Waals surface area contributed by atoms with E-state index in [0.29, 0.717) is 44.8 Å². The average molecular weight is 429 g/mol. The van der Waals surface area contributed by atoms with Crippen LogP contribution in [-0.4, -0.2) is 22.9 Å². The van der Waals surface area contributed by atoms with Gasteiger partial charge in [0, 0.05) is 20.9 Å². The first-order valence-corrected chi connectivity index (χ1v) is 9.05. The Hall–Kier alpha value is -1.56. The fraction of sp³-hybridized carbons (Fsp3) is 0.176. The molecule has 24 heavy (non-hydrogen) atoms. The van der Waals surface area contributed by atoms with Crippen LogP contribution in [0.4, 0.5) is 0 Å².